The summed E-state index contributed by atoms with van der Waals surface area (Å²) in [5.41, 5.74) is 2.90. The van der Waals surface area contributed by atoms with Crippen molar-refractivity contribution in [1.82, 2.24) is 9.97 Å². The summed E-state index contributed by atoms with van der Waals surface area (Å²) in [6.45, 7) is 0.464. The first-order valence-corrected chi connectivity index (χ1v) is 6.32. The monoisotopic (exact) mass is 274 g/mol. The van der Waals surface area contributed by atoms with E-state index in [-0.39, 0.29) is 0 Å². The minimum absolute atomic E-state index is 0.422. The topological polar surface area (TPSA) is 41.8 Å². The highest BCUT2D eigenvalue weighted by Crippen LogP contribution is 2.23. The predicted octanol–water partition coefficient (Wildman–Crippen LogP) is 2.62. The summed E-state index contributed by atoms with van der Waals surface area (Å²) in [4.78, 5) is 7.37. The van der Waals surface area contributed by atoms with Gasteiger partial charge in [0.05, 0.1) is 7.05 Å². The molecule has 3 aromatic rings. The second-order valence-electron chi connectivity index (χ2n) is 4.30. The van der Waals surface area contributed by atoms with E-state index in [9.17, 15) is 0 Å². The fourth-order valence-corrected chi connectivity index (χ4v) is 2.13. The van der Waals surface area contributed by atoms with Gasteiger partial charge >= 0.3 is 0 Å². The number of hydrogen-bond acceptors (Lipinski definition) is 2. The van der Waals surface area contributed by atoms with Crippen LogP contribution < -0.4 is 9.30 Å². The summed E-state index contributed by atoms with van der Waals surface area (Å²) in [7, 11) is 1.94. The lowest BCUT2D eigenvalue weighted by molar-refractivity contribution is -0.644. The Balaban J connectivity index is 1.92. The van der Waals surface area contributed by atoms with E-state index in [0.717, 1.165) is 16.6 Å². The summed E-state index contributed by atoms with van der Waals surface area (Å²) in [5.74, 6) is 0.520. The maximum absolute atomic E-state index is 6.02. The van der Waals surface area contributed by atoms with E-state index >= 15 is 0 Å². The van der Waals surface area contributed by atoms with Crippen LogP contribution in [0.15, 0.2) is 42.7 Å². The van der Waals surface area contributed by atoms with Crippen molar-refractivity contribution in [2.75, 3.05) is 0 Å². The second-order valence-corrected chi connectivity index (χ2v) is 4.69. The third-order valence-electron chi connectivity index (χ3n) is 2.94. The van der Waals surface area contributed by atoms with Gasteiger partial charge in [-0.15, -0.1) is 0 Å². The Morgan fingerprint density at radius 1 is 1.32 bits per heavy atom. The number of halogens is 1. The molecular weight excluding hydrogens is 262 g/mol. The molecule has 0 radical (unpaired) electrons. The van der Waals surface area contributed by atoms with Gasteiger partial charge in [0.1, 0.15) is 11.8 Å². The van der Waals surface area contributed by atoms with Crippen LogP contribution in [-0.2, 0) is 13.7 Å². The number of nitrogens with zero attached hydrogens (tertiary/aromatic N) is 2. The van der Waals surface area contributed by atoms with Crippen molar-refractivity contribution in [2.24, 2.45) is 7.05 Å². The molecule has 19 heavy (non-hydrogen) atoms. The third-order valence-corrected chi connectivity index (χ3v) is 3.13. The van der Waals surface area contributed by atoms with Crippen molar-refractivity contribution in [3.63, 3.8) is 0 Å². The van der Waals surface area contributed by atoms with Gasteiger partial charge in [-0.3, -0.25) is 0 Å². The molecule has 2 heterocycles. The Hall–Kier alpha value is -2.07. The molecule has 3 rings (SSSR count). The van der Waals surface area contributed by atoms with Crippen molar-refractivity contribution in [3.05, 3.63) is 53.4 Å². The SMILES string of the molecule is C[n+]1c[nH]c2c(OCc3ccccc3)nc(Cl)cc21. The van der Waals surface area contributed by atoms with Gasteiger partial charge in [0, 0.05) is 6.07 Å². The molecule has 2 aromatic heterocycles. The molecule has 0 aliphatic carbocycles. The summed E-state index contributed by atoms with van der Waals surface area (Å²) in [6, 6.07) is 11.8. The number of pyridine rings is 1. The Labute approximate surface area is 115 Å². The van der Waals surface area contributed by atoms with Gasteiger partial charge in [-0.25, -0.2) is 9.55 Å². The smallest absolute Gasteiger partial charge is 0.268 e. The van der Waals surface area contributed by atoms with Crippen LogP contribution in [0.4, 0.5) is 0 Å². The van der Waals surface area contributed by atoms with Crippen LogP contribution in [0.1, 0.15) is 5.56 Å². The Bertz CT molecular complexity index is 709. The van der Waals surface area contributed by atoms with Gasteiger partial charge < -0.3 is 4.74 Å². The molecule has 0 atom stereocenters. The molecule has 0 saturated heterocycles. The number of hydrogen-bond donors (Lipinski definition) is 1. The van der Waals surface area contributed by atoms with E-state index in [4.69, 9.17) is 16.3 Å². The Morgan fingerprint density at radius 2 is 2.11 bits per heavy atom. The molecule has 0 amide bonds. The minimum Gasteiger partial charge on any atom is -0.470 e. The molecule has 96 valence electrons. The fraction of sp³-hybridized carbons (Fsp3) is 0.143. The van der Waals surface area contributed by atoms with Gasteiger partial charge in [-0.05, 0) is 5.56 Å². The molecule has 0 fully saturated rings. The maximum atomic E-state index is 6.02. The molecule has 0 bridgehead atoms. The molecule has 1 aromatic carbocycles. The summed E-state index contributed by atoms with van der Waals surface area (Å²) >= 11 is 6.02. The van der Waals surface area contributed by atoms with E-state index in [1.54, 1.807) is 0 Å². The lowest BCUT2D eigenvalue weighted by atomic mass is 10.2. The molecule has 0 aliphatic rings. The van der Waals surface area contributed by atoms with Crippen molar-refractivity contribution >= 4 is 22.6 Å². The Morgan fingerprint density at radius 3 is 2.89 bits per heavy atom. The summed E-state index contributed by atoms with van der Waals surface area (Å²) in [5, 5.41) is 0.422. The van der Waals surface area contributed by atoms with Gasteiger partial charge in [-0.2, -0.15) is 4.98 Å². The fourth-order valence-electron chi connectivity index (χ4n) is 1.95. The van der Waals surface area contributed by atoms with E-state index in [1.165, 1.54) is 0 Å². The van der Waals surface area contributed by atoms with Crippen LogP contribution >= 0.6 is 11.6 Å². The van der Waals surface area contributed by atoms with Crippen LogP contribution in [0.25, 0.3) is 11.0 Å². The number of H-pyrrole nitrogens is 1. The first-order valence-electron chi connectivity index (χ1n) is 5.94. The van der Waals surface area contributed by atoms with Gasteiger partial charge in [0.25, 0.3) is 5.88 Å². The van der Waals surface area contributed by atoms with Gasteiger partial charge in [-0.1, -0.05) is 41.9 Å². The summed E-state index contributed by atoms with van der Waals surface area (Å²) in [6.07, 6.45) is 1.85. The Kier molecular flexibility index (Phi) is 3.09. The zero-order valence-electron chi connectivity index (χ0n) is 10.4. The van der Waals surface area contributed by atoms with E-state index in [1.807, 2.05) is 54.3 Å². The van der Waals surface area contributed by atoms with E-state index in [0.29, 0.717) is 17.6 Å². The standard InChI is InChI=1S/C14H12ClN3O/c1-18-9-16-13-11(18)7-12(15)17-14(13)19-8-10-5-3-2-4-6-10/h2-7,9H,8H2,1H3/p+1. The highest BCUT2D eigenvalue weighted by Gasteiger charge is 2.15. The zero-order valence-corrected chi connectivity index (χ0v) is 11.2. The summed E-state index contributed by atoms with van der Waals surface area (Å²) < 4.78 is 7.70. The lowest BCUT2D eigenvalue weighted by Crippen LogP contribution is -2.24. The van der Waals surface area contributed by atoms with Crippen LogP contribution in [0.3, 0.4) is 0 Å². The maximum Gasteiger partial charge on any atom is 0.268 e. The molecule has 0 saturated carbocycles. The van der Waals surface area contributed by atoms with E-state index < -0.39 is 0 Å². The normalized spacial score (nSPS) is 10.8. The quantitative estimate of drug-likeness (QED) is 0.589. The number of aromatic amines is 1. The number of fused-ring (bicyclic) bond motifs is 1. The number of aromatic nitrogens is 3. The van der Waals surface area contributed by atoms with Crippen LogP contribution in [-0.4, -0.2) is 9.97 Å². The van der Waals surface area contributed by atoms with Gasteiger partial charge in [0.15, 0.2) is 5.52 Å². The number of benzene rings is 1. The number of ether oxygens (including phenoxy) is 1. The highest BCUT2D eigenvalue weighted by molar-refractivity contribution is 6.30. The van der Waals surface area contributed by atoms with Crippen LogP contribution in [0.2, 0.25) is 5.15 Å². The molecule has 4 nitrogen and oxygen atoms in total. The van der Waals surface area contributed by atoms with Crippen molar-refractivity contribution in [2.45, 2.75) is 6.61 Å². The first kappa shape index (κ1) is 12.0. The molecule has 0 spiro atoms. The molecule has 1 N–H and O–H groups in total. The molecule has 0 aliphatic heterocycles. The molecular formula is C14H13ClN3O+. The minimum atomic E-state index is 0.422. The van der Waals surface area contributed by atoms with Crippen LogP contribution in [0, 0.1) is 0 Å². The molecule has 0 unspecified atom stereocenters. The van der Waals surface area contributed by atoms with Crippen molar-refractivity contribution < 1.29 is 9.30 Å². The lowest BCUT2D eigenvalue weighted by Gasteiger charge is -2.05. The van der Waals surface area contributed by atoms with Gasteiger partial charge in [0.2, 0.25) is 11.8 Å². The third kappa shape index (κ3) is 2.39. The average molecular weight is 275 g/mol. The molecule has 5 heteroatoms. The second kappa shape index (κ2) is 4.90. The first-order chi connectivity index (χ1) is 9.24. The number of nitrogens with one attached hydrogen (secondary N) is 1. The van der Waals surface area contributed by atoms with E-state index in [2.05, 4.69) is 9.97 Å². The predicted molar refractivity (Wildman–Crippen MR) is 73.1 cm³/mol. The average Bonchev–Trinajstić information content (AvgIpc) is 2.79. The van der Waals surface area contributed by atoms with Crippen molar-refractivity contribution in [1.29, 1.82) is 0 Å². The highest BCUT2D eigenvalue weighted by atomic mass is 35.5. The largest absolute Gasteiger partial charge is 0.470 e. The zero-order chi connectivity index (χ0) is 13.2. The van der Waals surface area contributed by atoms with Crippen LogP contribution in [0.5, 0.6) is 5.88 Å². The number of rotatable bonds is 3. The van der Waals surface area contributed by atoms with Crippen molar-refractivity contribution in [3.8, 4) is 5.88 Å². The number of aryl methyl sites for hydroxylation is 1. The number of imidazole rings is 1.